The number of rotatable bonds is 9. The molecule has 1 N–H and O–H groups in total. The average molecular weight is 313 g/mol. The molecule has 130 valence electrons. The maximum atomic E-state index is 11.8. The summed E-state index contributed by atoms with van der Waals surface area (Å²) in [6, 6.07) is 0. The molecular weight excluding hydrogens is 278 g/mol. The number of β-amino-alcohol motifs (C(OH)–C–C–N with tert-alkyl or cyclic N) is 1. The number of hydrogen-bond acceptors (Lipinski definition) is 3. The molecule has 0 saturated carbocycles. The number of carbonyl (C=O) groups excluding carboxylic acids is 1. The van der Waals surface area contributed by atoms with Gasteiger partial charge in [0.15, 0.2) is 0 Å². The lowest BCUT2D eigenvalue weighted by Gasteiger charge is -2.46. The Hall–Kier alpha value is -0.770. The van der Waals surface area contributed by atoms with E-state index in [1.54, 1.807) is 4.90 Å². The number of carbonyl (C=O) groups is 1. The van der Waals surface area contributed by atoms with Crippen molar-refractivity contribution in [2.24, 2.45) is 0 Å². The Morgan fingerprint density at radius 2 is 1.55 bits per heavy atom. The molecule has 0 aliphatic carbocycles. The molecule has 0 aromatic heterocycles. The number of amides is 1. The van der Waals surface area contributed by atoms with E-state index in [0.29, 0.717) is 13.1 Å². The molecule has 0 radical (unpaired) electrons. The number of nitrogens with zero attached hydrogens (tertiary/aromatic N) is 1. The van der Waals surface area contributed by atoms with Crippen molar-refractivity contribution in [2.75, 3.05) is 13.1 Å². The summed E-state index contributed by atoms with van der Waals surface area (Å²) in [6.45, 7) is 8.64. The van der Waals surface area contributed by atoms with Gasteiger partial charge in [0.2, 0.25) is 0 Å². The van der Waals surface area contributed by atoms with Crippen molar-refractivity contribution in [3.8, 4) is 0 Å². The Morgan fingerprint density at radius 1 is 1.05 bits per heavy atom. The van der Waals surface area contributed by atoms with Crippen molar-refractivity contribution in [3.63, 3.8) is 0 Å². The summed E-state index contributed by atoms with van der Waals surface area (Å²) < 4.78 is 5.30. The van der Waals surface area contributed by atoms with E-state index in [-0.39, 0.29) is 6.09 Å². The number of unbranched alkanes of at least 4 members (excludes halogenated alkanes) is 7. The fraction of sp³-hybridized carbons (Fsp3) is 0.944. The lowest BCUT2D eigenvalue weighted by atomic mass is 9.88. The number of hydrogen-bond donors (Lipinski definition) is 1. The van der Waals surface area contributed by atoms with Gasteiger partial charge in [0, 0.05) is 0 Å². The van der Waals surface area contributed by atoms with Crippen LogP contribution in [0.3, 0.4) is 0 Å². The monoisotopic (exact) mass is 313 g/mol. The first-order valence-corrected chi connectivity index (χ1v) is 8.96. The SMILES string of the molecule is CCCCCCCCCCC1(O)CN(C(=O)OC(C)(C)C)C1. The van der Waals surface area contributed by atoms with Crippen LogP contribution in [0.2, 0.25) is 0 Å². The Kier molecular flexibility index (Phi) is 7.67. The molecule has 1 fully saturated rings. The maximum absolute atomic E-state index is 11.8. The summed E-state index contributed by atoms with van der Waals surface area (Å²) in [5.74, 6) is 0. The van der Waals surface area contributed by atoms with Crippen LogP contribution < -0.4 is 0 Å². The summed E-state index contributed by atoms with van der Waals surface area (Å²) in [4.78, 5) is 13.4. The van der Waals surface area contributed by atoms with Gasteiger partial charge >= 0.3 is 6.09 Å². The van der Waals surface area contributed by atoms with E-state index in [1.807, 2.05) is 20.8 Å². The van der Waals surface area contributed by atoms with Crippen molar-refractivity contribution in [3.05, 3.63) is 0 Å². The first-order chi connectivity index (χ1) is 10.3. The maximum Gasteiger partial charge on any atom is 0.410 e. The molecule has 1 rings (SSSR count). The zero-order chi connectivity index (χ0) is 16.6. The van der Waals surface area contributed by atoms with E-state index in [1.165, 1.54) is 44.9 Å². The summed E-state index contributed by atoms with van der Waals surface area (Å²) in [5, 5.41) is 10.4. The topological polar surface area (TPSA) is 49.8 Å². The van der Waals surface area contributed by atoms with Gasteiger partial charge in [-0.25, -0.2) is 4.79 Å². The predicted molar refractivity (Wildman–Crippen MR) is 90.0 cm³/mol. The molecule has 1 saturated heterocycles. The molecule has 4 nitrogen and oxygen atoms in total. The van der Waals surface area contributed by atoms with E-state index in [9.17, 15) is 9.90 Å². The fourth-order valence-electron chi connectivity index (χ4n) is 2.87. The third-order valence-electron chi connectivity index (χ3n) is 4.12. The third-order valence-corrected chi connectivity index (χ3v) is 4.12. The molecule has 0 aromatic carbocycles. The van der Waals surface area contributed by atoms with Crippen LogP contribution in [-0.2, 0) is 4.74 Å². The lowest BCUT2D eigenvalue weighted by Crippen LogP contribution is -2.64. The zero-order valence-electron chi connectivity index (χ0n) is 15.0. The summed E-state index contributed by atoms with van der Waals surface area (Å²) >= 11 is 0. The van der Waals surface area contributed by atoms with Crippen LogP contribution in [0.5, 0.6) is 0 Å². The molecule has 0 bridgehead atoms. The first-order valence-electron chi connectivity index (χ1n) is 8.96. The molecule has 1 heterocycles. The number of aliphatic hydroxyl groups is 1. The van der Waals surface area contributed by atoms with Gasteiger partial charge in [-0.15, -0.1) is 0 Å². The van der Waals surface area contributed by atoms with E-state index < -0.39 is 11.2 Å². The molecule has 4 heteroatoms. The fourth-order valence-corrected chi connectivity index (χ4v) is 2.87. The quantitative estimate of drug-likeness (QED) is 0.638. The second-order valence-corrected chi connectivity index (χ2v) is 7.79. The molecule has 1 amide bonds. The van der Waals surface area contributed by atoms with Crippen molar-refractivity contribution >= 4 is 6.09 Å². The average Bonchev–Trinajstić information content (AvgIpc) is 2.36. The van der Waals surface area contributed by atoms with Gasteiger partial charge < -0.3 is 14.7 Å². The van der Waals surface area contributed by atoms with Crippen LogP contribution in [0.1, 0.15) is 85.5 Å². The van der Waals surface area contributed by atoms with Crippen LogP contribution in [0.4, 0.5) is 4.79 Å². The highest BCUT2D eigenvalue weighted by Gasteiger charge is 2.44. The van der Waals surface area contributed by atoms with Gasteiger partial charge in [-0.3, -0.25) is 0 Å². The molecule has 0 atom stereocenters. The minimum atomic E-state index is -0.681. The smallest absolute Gasteiger partial charge is 0.410 e. The zero-order valence-corrected chi connectivity index (χ0v) is 15.0. The van der Waals surface area contributed by atoms with Gasteiger partial charge in [0.05, 0.1) is 18.7 Å². The molecule has 1 aliphatic rings. The second kappa shape index (κ2) is 8.76. The largest absolute Gasteiger partial charge is 0.444 e. The minimum Gasteiger partial charge on any atom is -0.444 e. The van der Waals surface area contributed by atoms with Crippen molar-refractivity contribution in [2.45, 2.75) is 96.7 Å². The van der Waals surface area contributed by atoms with Crippen LogP contribution in [0, 0.1) is 0 Å². The highest BCUT2D eigenvalue weighted by atomic mass is 16.6. The van der Waals surface area contributed by atoms with E-state index in [2.05, 4.69) is 6.92 Å². The summed E-state index contributed by atoms with van der Waals surface area (Å²) in [5.41, 5.74) is -1.15. The Morgan fingerprint density at radius 3 is 2.05 bits per heavy atom. The normalized spacial score (nSPS) is 17.2. The Labute approximate surface area is 136 Å². The first kappa shape index (κ1) is 19.3. The number of ether oxygens (including phenoxy) is 1. The van der Waals surface area contributed by atoms with Crippen LogP contribution in [-0.4, -0.2) is 40.4 Å². The van der Waals surface area contributed by atoms with Crippen molar-refractivity contribution in [1.82, 2.24) is 4.90 Å². The highest BCUT2D eigenvalue weighted by molar-refractivity contribution is 5.69. The Balaban J connectivity index is 2.05. The van der Waals surface area contributed by atoms with Gasteiger partial charge in [0.1, 0.15) is 5.60 Å². The van der Waals surface area contributed by atoms with E-state index in [4.69, 9.17) is 4.74 Å². The second-order valence-electron chi connectivity index (χ2n) is 7.79. The van der Waals surface area contributed by atoms with Gasteiger partial charge in [-0.05, 0) is 27.2 Å². The molecule has 1 aliphatic heterocycles. The highest BCUT2D eigenvalue weighted by Crippen LogP contribution is 2.28. The molecule has 22 heavy (non-hydrogen) atoms. The predicted octanol–water partition coefficient (Wildman–Crippen LogP) is 4.50. The van der Waals surface area contributed by atoms with Gasteiger partial charge in [0.25, 0.3) is 0 Å². The lowest BCUT2D eigenvalue weighted by molar-refractivity contribution is -0.103. The minimum absolute atomic E-state index is 0.312. The summed E-state index contributed by atoms with van der Waals surface area (Å²) in [6.07, 6.45) is 10.6. The van der Waals surface area contributed by atoms with Crippen LogP contribution >= 0.6 is 0 Å². The third kappa shape index (κ3) is 7.48. The molecule has 0 spiro atoms. The van der Waals surface area contributed by atoms with Crippen molar-refractivity contribution < 1.29 is 14.6 Å². The van der Waals surface area contributed by atoms with Gasteiger partial charge in [-0.1, -0.05) is 58.3 Å². The van der Waals surface area contributed by atoms with Crippen molar-refractivity contribution in [1.29, 1.82) is 0 Å². The Bertz CT molecular complexity index is 330. The molecule has 0 aromatic rings. The standard InChI is InChI=1S/C18H35NO3/c1-5-6-7-8-9-10-11-12-13-18(21)14-19(15-18)16(20)22-17(2,3)4/h21H,5-15H2,1-4H3. The molecular formula is C18H35NO3. The molecule has 0 unspecified atom stereocenters. The van der Waals surface area contributed by atoms with Crippen LogP contribution in [0.25, 0.3) is 0 Å². The van der Waals surface area contributed by atoms with E-state index >= 15 is 0 Å². The van der Waals surface area contributed by atoms with E-state index in [0.717, 1.165) is 12.8 Å². The van der Waals surface area contributed by atoms with Crippen LogP contribution in [0.15, 0.2) is 0 Å². The number of likely N-dealkylation sites (tertiary alicyclic amines) is 1. The summed E-state index contributed by atoms with van der Waals surface area (Å²) in [7, 11) is 0. The van der Waals surface area contributed by atoms with Gasteiger partial charge in [-0.2, -0.15) is 0 Å².